The normalized spacial score (nSPS) is 16.2. The van der Waals surface area contributed by atoms with Crippen LogP contribution in [0.25, 0.3) is 0 Å². The summed E-state index contributed by atoms with van der Waals surface area (Å²) in [5.41, 5.74) is 5.97. The average molecular weight is 378 g/mol. The third kappa shape index (κ3) is 2.55. The van der Waals surface area contributed by atoms with Gasteiger partial charge in [-0.05, 0) is 50.8 Å². The topological polar surface area (TPSA) is 64.3 Å². The lowest BCUT2D eigenvalue weighted by Crippen LogP contribution is -2.30. The van der Waals surface area contributed by atoms with Crippen molar-refractivity contribution >= 4 is 43.5 Å². The molecule has 0 unspecified atom stereocenters. The second kappa shape index (κ2) is 5.19. The van der Waals surface area contributed by atoms with Gasteiger partial charge in [-0.2, -0.15) is 0 Å². The van der Waals surface area contributed by atoms with Crippen molar-refractivity contribution in [2.24, 2.45) is 11.1 Å². The molecule has 1 saturated carbocycles. The molecule has 2 rings (SSSR count). The first-order chi connectivity index (χ1) is 8.52. The number of amides is 1. The van der Waals surface area contributed by atoms with Crippen LogP contribution in [0.1, 0.15) is 12.8 Å². The van der Waals surface area contributed by atoms with Gasteiger partial charge in [-0.25, -0.2) is 0 Å². The van der Waals surface area contributed by atoms with Crippen molar-refractivity contribution in [2.75, 3.05) is 19.0 Å². The third-order valence-corrected chi connectivity index (χ3v) is 4.49. The minimum atomic E-state index is -0.361. The number of benzene rings is 1. The monoisotopic (exact) mass is 376 g/mol. The molecule has 1 aromatic rings. The van der Waals surface area contributed by atoms with Crippen LogP contribution in [0.4, 0.5) is 5.69 Å². The van der Waals surface area contributed by atoms with Gasteiger partial charge in [0.15, 0.2) is 0 Å². The van der Waals surface area contributed by atoms with Gasteiger partial charge in [-0.3, -0.25) is 4.79 Å². The molecule has 0 spiro atoms. The predicted molar refractivity (Wildman–Crippen MR) is 77.7 cm³/mol. The molecule has 0 aliphatic heterocycles. The van der Waals surface area contributed by atoms with Gasteiger partial charge >= 0.3 is 0 Å². The molecule has 1 aliphatic rings. The Bertz CT molecular complexity index is 487. The van der Waals surface area contributed by atoms with Gasteiger partial charge in [-0.1, -0.05) is 0 Å². The lowest BCUT2D eigenvalue weighted by molar-refractivity contribution is -0.120. The molecule has 1 amide bonds. The molecular weight excluding hydrogens is 364 g/mol. The van der Waals surface area contributed by atoms with Crippen LogP contribution in [0.3, 0.4) is 0 Å². The number of hydrogen-bond acceptors (Lipinski definition) is 3. The van der Waals surface area contributed by atoms with E-state index in [0.29, 0.717) is 18.0 Å². The van der Waals surface area contributed by atoms with Gasteiger partial charge < -0.3 is 15.8 Å². The minimum absolute atomic E-state index is 0.0184. The van der Waals surface area contributed by atoms with Gasteiger partial charge in [-0.15, -0.1) is 0 Å². The Hall–Kier alpha value is -0.590. The zero-order chi connectivity index (χ0) is 13.3. The van der Waals surface area contributed by atoms with Crippen molar-refractivity contribution in [3.8, 4) is 5.75 Å². The zero-order valence-corrected chi connectivity index (χ0v) is 13.1. The molecule has 0 radical (unpaired) electrons. The van der Waals surface area contributed by atoms with Crippen LogP contribution in [0.15, 0.2) is 21.1 Å². The Balaban J connectivity index is 2.21. The highest BCUT2D eigenvalue weighted by Crippen LogP contribution is 2.46. The van der Waals surface area contributed by atoms with E-state index in [1.54, 1.807) is 13.2 Å². The molecule has 0 atom stereocenters. The van der Waals surface area contributed by atoms with Crippen LogP contribution in [-0.4, -0.2) is 19.6 Å². The van der Waals surface area contributed by atoms with Crippen LogP contribution in [0.2, 0.25) is 0 Å². The molecule has 0 heterocycles. The maximum atomic E-state index is 12.1. The van der Waals surface area contributed by atoms with Gasteiger partial charge in [0.25, 0.3) is 0 Å². The number of halogens is 2. The summed E-state index contributed by atoms with van der Waals surface area (Å²) in [6.07, 6.45) is 1.72. The third-order valence-electron chi connectivity index (χ3n) is 3.22. The maximum Gasteiger partial charge on any atom is 0.231 e. The standard InChI is InChI=1S/C12H14Br2N2O2/c1-18-10-5-9(7(13)4-8(10)14)16-11(17)12(6-15)2-3-12/h4-5H,2-3,6,15H2,1H3,(H,16,17). The van der Waals surface area contributed by atoms with Gasteiger partial charge in [0.1, 0.15) is 5.75 Å². The Morgan fingerprint density at radius 2 is 2.11 bits per heavy atom. The van der Waals surface area contributed by atoms with E-state index in [9.17, 15) is 4.79 Å². The summed E-state index contributed by atoms with van der Waals surface area (Å²) < 4.78 is 6.84. The molecule has 1 aromatic carbocycles. The van der Waals surface area contributed by atoms with Crippen LogP contribution in [0.5, 0.6) is 5.75 Å². The highest BCUT2D eigenvalue weighted by molar-refractivity contribution is 9.11. The summed E-state index contributed by atoms with van der Waals surface area (Å²) in [6.45, 7) is 0.393. The number of ether oxygens (including phenoxy) is 1. The van der Waals surface area contributed by atoms with Crippen LogP contribution < -0.4 is 15.8 Å². The second-order valence-corrected chi connectivity index (χ2v) is 6.11. The quantitative estimate of drug-likeness (QED) is 0.847. The van der Waals surface area contributed by atoms with Crippen molar-refractivity contribution < 1.29 is 9.53 Å². The first-order valence-corrected chi connectivity index (χ1v) is 7.15. The molecule has 0 bridgehead atoms. The van der Waals surface area contributed by atoms with Gasteiger partial charge in [0.05, 0.1) is 22.7 Å². The van der Waals surface area contributed by atoms with Gasteiger partial charge in [0.2, 0.25) is 5.91 Å². The van der Waals surface area contributed by atoms with Crippen molar-refractivity contribution in [3.63, 3.8) is 0 Å². The lowest BCUT2D eigenvalue weighted by atomic mass is 10.1. The number of hydrogen-bond donors (Lipinski definition) is 2. The first-order valence-electron chi connectivity index (χ1n) is 5.57. The van der Waals surface area contributed by atoms with Crippen molar-refractivity contribution in [1.82, 2.24) is 0 Å². The van der Waals surface area contributed by atoms with Gasteiger partial charge in [0, 0.05) is 17.1 Å². The van der Waals surface area contributed by atoms with Crippen molar-refractivity contribution in [1.29, 1.82) is 0 Å². The number of carbonyl (C=O) groups is 1. The number of rotatable bonds is 4. The molecular formula is C12H14Br2N2O2. The average Bonchev–Trinajstić information content (AvgIpc) is 3.13. The highest BCUT2D eigenvalue weighted by Gasteiger charge is 2.48. The smallest absolute Gasteiger partial charge is 0.231 e. The van der Waals surface area contributed by atoms with E-state index in [-0.39, 0.29) is 11.3 Å². The Morgan fingerprint density at radius 1 is 1.44 bits per heavy atom. The molecule has 0 aromatic heterocycles. The van der Waals surface area contributed by atoms with Crippen molar-refractivity contribution in [2.45, 2.75) is 12.8 Å². The molecule has 0 saturated heterocycles. The zero-order valence-electron chi connectivity index (χ0n) is 9.93. The minimum Gasteiger partial charge on any atom is -0.495 e. The summed E-state index contributed by atoms with van der Waals surface area (Å²) in [6, 6.07) is 3.62. The first kappa shape index (κ1) is 13.8. The SMILES string of the molecule is COc1cc(NC(=O)C2(CN)CC2)c(Br)cc1Br. The molecule has 4 nitrogen and oxygen atoms in total. The number of methoxy groups -OCH3 is 1. The summed E-state index contributed by atoms with van der Waals surface area (Å²) >= 11 is 6.80. The maximum absolute atomic E-state index is 12.1. The summed E-state index contributed by atoms with van der Waals surface area (Å²) in [7, 11) is 1.59. The summed E-state index contributed by atoms with van der Waals surface area (Å²) in [5.74, 6) is 0.654. The number of anilines is 1. The summed E-state index contributed by atoms with van der Waals surface area (Å²) in [5, 5.41) is 2.90. The van der Waals surface area contributed by atoms with E-state index in [1.807, 2.05) is 6.07 Å². The van der Waals surface area contributed by atoms with Crippen LogP contribution >= 0.6 is 31.9 Å². The Morgan fingerprint density at radius 3 is 2.61 bits per heavy atom. The highest BCUT2D eigenvalue weighted by atomic mass is 79.9. The van der Waals surface area contributed by atoms with E-state index in [1.165, 1.54) is 0 Å². The number of carbonyl (C=O) groups excluding carboxylic acids is 1. The van der Waals surface area contributed by atoms with Crippen LogP contribution in [0, 0.1) is 5.41 Å². The molecule has 98 valence electrons. The number of nitrogens with two attached hydrogens (primary N) is 1. The van der Waals surface area contributed by atoms with Crippen molar-refractivity contribution in [3.05, 3.63) is 21.1 Å². The van der Waals surface area contributed by atoms with E-state index < -0.39 is 0 Å². The predicted octanol–water partition coefficient (Wildman–Crippen LogP) is 2.90. The molecule has 1 fully saturated rings. The molecule has 18 heavy (non-hydrogen) atoms. The van der Waals surface area contributed by atoms with Crippen LogP contribution in [-0.2, 0) is 4.79 Å². The van der Waals surface area contributed by atoms with E-state index in [4.69, 9.17) is 10.5 Å². The van der Waals surface area contributed by atoms with E-state index in [0.717, 1.165) is 21.8 Å². The lowest BCUT2D eigenvalue weighted by Gasteiger charge is -2.15. The molecule has 1 aliphatic carbocycles. The Labute approximate surface area is 123 Å². The Kier molecular flexibility index (Phi) is 3.99. The second-order valence-electron chi connectivity index (χ2n) is 4.41. The van der Waals surface area contributed by atoms with E-state index in [2.05, 4.69) is 37.2 Å². The molecule has 6 heteroatoms. The number of nitrogens with one attached hydrogen (secondary N) is 1. The fourth-order valence-corrected chi connectivity index (χ4v) is 2.97. The fraction of sp³-hybridized carbons (Fsp3) is 0.417. The fourth-order valence-electron chi connectivity index (χ4n) is 1.71. The molecule has 3 N–H and O–H groups in total. The summed E-state index contributed by atoms with van der Waals surface area (Å²) in [4.78, 5) is 12.1. The van der Waals surface area contributed by atoms with E-state index >= 15 is 0 Å². The largest absolute Gasteiger partial charge is 0.495 e.